The third-order valence-electron chi connectivity index (χ3n) is 11.9. The summed E-state index contributed by atoms with van der Waals surface area (Å²) in [6.45, 7) is 0. The van der Waals surface area contributed by atoms with Gasteiger partial charge in [-0.1, -0.05) is 176 Å². The molecule has 290 valence electrons. The second-order valence-electron chi connectivity index (χ2n) is 15.6. The van der Waals surface area contributed by atoms with Crippen molar-refractivity contribution in [1.29, 1.82) is 0 Å². The number of benzene rings is 9. The molecule has 0 saturated carbocycles. The number of nitrogens with zero attached hydrogens (tertiary/aromatic N) is 4. The Labute approximate surface area is 362 Å². The SMILES string of the molecule is c1ccc(-c2ccc3c(c2)c2cc(-c4ccccc4)ccc2n3-c2ccc(-c3cccc4c3sc3ccccc34)cc2-c2nc(-c3ccccc3)nc(-c3ccccc3)n2)cc1. The van der Waals surface area contributed by atoms with Crippen LogP contribution in [0.2, 0.25) is 0 Å². The number of fused-ring (bicyclic) bond motifs is 6. The molecule has 12 aromatic rings. The molecule has 0 saturated heterocycles. The van der Waals surface area contributed by atoms with Crippen molar-refractivity contribution in [2.45, 2.75) is 0 Å². The Morgan fingerprint density at radius 3 is 1.37 bits per heavy atom. The first-order valence-corrected chi connectivity index (χ1v) is 21.7. The zero-order valence-electron chi connectivity index (χ0n) is 33.5. The highest BCUT2D eigenvalue weighted by Gasteiger charge is 2.22. The quantitative estimate of drug-likeness (QED) is 0.161. The molecule has 0 fully saturated rings. The summed E-state index contributed by atoms with van der Waals surface area (Å²) in [4.78, 5) is 15.8. The molecular formula is C57H36N4S. The topological polar surface area (TPSA) is 43.6 Å². The Kier molecular flexibility index (Phi) is 8.65. The van der Waals surface area contributed by atoms with Crippen molar-refractivity contribution < 1.29 is 0 Å². The first kappa shape index (κ1) is 35.9. The third kappa shape index (κ3) is 6.18. The van der Waals surface area contributed by atoms with Crippen LogP contribution in [0.1, 0.15) is 0 Å². The van der Waals surface area contributed by atoms with Gasteiger partial charge in [0.1, 0.15) is 0 Å². The van der Waals surface area contributed by atoms with Crippen molar-refractivity contribution in [3.63, 3.8) is 0 Å². The maximum absolute atomic E-state index is 5.34. The molecule has 0 amide bonds. The molecule has 9 aromatic carbocycles. The van der Waals surface area contributed by atoms with Crippen LogP contribution in [0.15, 0.2) is 218 Å². The first-order chi connectivity index (χ1) is 30.7. The molecule has 4 nitrogen and oxygen atoms in total. The molecule has 0 radical (unpaired) electrons. The van der Waals surface area contributed by atoms with Gasteiger partial charge in [0.05, 0.1) is 16.7 Å². The van der Waals surface area contributed by atoms with Crippen molar-refractivity contribution in [3.8, 4) is 73.2 Å². The summed E-state index contributed by atoms with van der Waals surface area (Å²) < 4.78 is 4.94. The molecule has 0 atom stereocenters. The largest absolute Gasteiger partial charge is 0.308 e. The van der Waals surface area contributed by atoms with Gasteiger partial charge >= 0.3 is 0 Å². The molecule has 62 heavy (non-hydrogen) atoms. The lowest BCUT2D eigenvalue weighted by molar-refractivity contribution is 1.06. The molecule has 0 N–H and O–H groups in total. The van der Waals surface area contributed by atoms with Gasteiger partial charge in [-0.3, -0.25) is 0 Å². The van der Waals surface area contributed by atoms with Crippen molar-refractivity contribution in [2.75, 3.05) is 0 Å². The van der Waals surface area contributed by atoms with E-state index in [9.17, 15) is 0 Å². The van der Waals surface area contributed by atoms with E-state index >= 15 is 0 Å². The average molecular weight is 809 g/mol. The van der Waals surface area contributed by atoms with E-state index in [0.29, 0.717) is 17.5 Å². The molecule has 0 bridgehead atoms. The number of hydrogen-bond acceptors (Lipinski definition) is 4. The Bertz CT molecular complexity index is 3460. The maximum atomic E-state index is 5.34. The van der Waals surface area contributed by atoms with Crippen LogP contribution >= 0.6 is 11.3 Å². The summed E-state index contributed by atoms with van der Waals surface area (Å²) in [5.41, 5.74) is 13.0. The molecule has 0 aliphatic heterocycles. The summed E-state index contributed by atoms with van der Waals surface area (Å²) in [6.07, 6.45) is 0. The van der Waals surface area contributed by atoms with Crippen LogP contribution in [-0.4, -0.2) is 19.5 Å². The molecule has 3 heterocycles. The maximum Gasteiger partial charge on any atom is 0.166 e. The monoisotopic (exact) mass is 808 g/mol. The number of rotatable bonds is 7. The lowest BCUT2D eigenvalue weighted by Gasteiger charge is -2.17. The Hall–Kier alpha value is -7.99. The molecule has 0 unspecified atom stereocenters. The normalized spacial score (nSPS) is 11.5. The van der Waals surface area contributed by atoms with E-state index in [2.05, 4.69) is 187 Å². The van der Waals surface area contributed by atoms with Gasteiger partial charge in [0.25, 0.3) is 0 Å². The summed E-state index contributed by atoms with van der Waals surface area (Å²) in [6, 6.07) is 77.6. The number of aromatic nitrogens is 4. The van der Waals surface area contributed by atoms with Crippen LogP contribution in [0.4, 0.5) is 0 Å². The van der Waals surface area contributed by atoms with Gasteiger partial charge < -0.3 is 4.57 Å². The van der Waals surface area contributed by atoms with Crippen LogP contribution in [0, 0.1) is 0 Å². The molecule has 5 heteroatoms. The van der Waals surface area contributed by atoms with Crippen molar-refractivity contribution >= 4 is 53.3 Å². The Morgan fingerprint density at radius 2 is 0.790 bits per heavy atom. The van der Waals surface area contributed by atoms with Crippen LogP contribution in [-0.2, 0) is 0 Å². The summed E-state index contributed by atoms with van der Waals surface area (Å²) in [5, 5.41) is 4.89. The highest BCUT2D eigenvalue weighted by atomic mass is 32.1. The fraction of sp³-hybridized carbons (Fsp3) is 0. The fourth-order valence-electron chi connectivity index (χ4n) is 8.88. The molecular weight excluding hydrogens is 773 g/mol. The van der Waals surface area contributed by atoms with E-state index in [4.69, 9.17) is 15.0 Å². The fourth-order valence-corrected chi connectivity index (χ4v) is 10.1. The highest BCUT2D eigenvalue weighted by Crippen LogP contribution is 2.44. The zero-order chi connectivity index (χ0) is 41.0. The minimum Gasteiger partial charge on any atom is -0.308 e. The lowest BCUT2D eigenvalue weighted by Crippen LogP contribution is -2.04. The van der Waals surface area contributed by atoms with E-state index in [1.807, 2.05) is 47.7 Å². The highest BCUT2D eigenvalue weighted by molar-refractivity contribution is 7.26. The first-order valence-electron chi connectivity index (χ1n) is 20.8. The van der Waals surface area contributed by atoms with Crippen LogP contribution in [0.25, 0.3) is 115 Å². The van der Waals surface area contributed by atoms with E-state index in [1.165, 1.54) is 58.8 Å². The van der Waals surface area contributed by atoms with Gasteiger partial charge in [-0.2, -0.15) is 0 Å². The average Bonchev–Trinajstić information content (AvgIpc) is 3.90. The second kappa shape index (κ2) is 14.9. The summed E-state index contributed by atoms with van der Waals surface area (Å²) >= 11 is 1.84. The summed E-state index contributed by atoms with van der Waals surface area (Å²) in [5.74, 6) is 1.86. The van der Waals surface area contributed by atoms with E-state index < -0.39 is 0 Å². The third-order valence-corrected chi connectivity index (χ3v) is 13.1. The van der Waals surface area contributed by atoms with Crippen LogP contribution < -0.4 is 0 Å². The second-order valence-corrected chi connectivity index (χ2v) is 16.6. The molecule has 0 aliphatic rings. The molecule has 0 aliphatic carbocycles. The zero-order valence-corrected chi connectivity index (χ0v) is 34.3. The summed E-state index contributed by atoms with van der Waals surface area (Å²) in [7, 11) is 0. The molecule has 0 spiro atoms. The van der Waals surface area contributed by atoms with Gasteiger partial charge in [0.15, 0.2) is 17.5 Å². The Balaban J connectivity index is 1.16. The molecule has 3 aromatic heterocycles. The van der Waals surface area contributed by atoms with Gasteiger partial charge in [-0.05, 0) is 75.8 Å². The predicted octanol–water partition coefficient (Wildman–Crippen LogP) is 15.3. The van der Waals surface area contributed by atoms with Crippen molar-refractivity contribution in [3.05, 3.63) is 218 Å². The van der Waals surface area contributed by atoms with E-state index in [-0.39, 0.29) is 0 Å². The van der Waals surface area contributed by atoms with E-state index in [0.717, 1.165) is 39.0 Å². The number of thiophene rings is 1. The minimum atomic E-state index is 0.606. The smallest absolute Gasteiger partial charge is 0.166 e. The minimum absolute atomic E-state index is 0.606. The van der Waals surface area contributed by atoms with Gasteiger partial charge in [-0.15, -0.1) is 11.3 Å². The molecule has 12 rings (SSSR count). The van der Waals surface area contributed by atoms with Crippen molar-refractivity contribution in [1.82, 2.24) is 19.5 Å². The Morgan fingerprint density at radius 1 is 0.306 bits per heavy atom. The predicted molar refractivity (Wildman–Crippen MR) is 260 cm³/mol. The van der Waals surface area contributed by atoms with Crippen molar-refractivity contribution in [2.24, 2.45) is 0 Å². The van der Waals surface area contributed by atoms with Crippen LogP contribution in [0.5, 0.6) is 0 Å². The standard InChI is InChI=1S/C57H36N4S/c1-5-16-37(17-6-1)41-28-31-50-47(34-41)48-35-42(38-18-7-2-8-19-38)29-32-51(48)61(50)52-33-30-43(44-25-15-26-46-45-24-13-14-27-53(45)62-54(44)46)36-49(52)57-59-55(39-20-9-3-10-21-39)58-56(60-57)40-22-11-4-12-23-40/h1-36H. The van der Waals surface area contributed by atoms with Crippen LogP contribution in [0.3, 0.4) is 0 Å². The van der Waals surface area contributed by atoms with Gasteiger partial charge in [0, 0.05) is 47.6 Å². The lowest BCUT2D eigenvalue weighted by atomic mass is 9.99. The van der Waals surface area contributed by atoms with Gasteiger partial charge in [-0.25, -0.2) is 15.0 Å². The van der Waals surface area contributed by atoms with Gasteiger partial charge in [0.2, 0.25) is 0 Å². The van der Waals surface area contributed by atoms with E-state index in [1.54, 1.807) is 0 Å². The number of hydrogen-bond donors (Lipinski definition) is 0.